The molecule has 0 bridgehead atoms. The van der Waals surface area contributed by atoms with Crippen LogP contribution in [0.25, 0.3) is 0 Å². The maximum Gasteiger partial charge on any atom is 0.287 e. The Morgan fingerprint density at radius 3 is 2.62 bits per heavy atom. The third-order valence-corrected chi connectivity index (χ3v) is 4.70. The summed E-state index contributed by atoms with van der Waals surface area (Å²) < 4.78 is 11.1. The molecule has 3 rings (SSSR count). The first-order chi connectivity index (χ1) is 14.0. The molecule has 2 heterocycles. The Hall–Kier alpha value is -3.12. The zero-order chi connectivity index (χ0) is 20.6. The van der Waals surface area contributed by atoms with Gasteiger partial charge in [0.2, 0.25) is 0 Å². The van der Waals surface area contributed by atoms with E-state index in [1.54, 1.807) is 25.6 Å². The highest BCUT2D eigenvalue weighted by molar-refractivity contribution is 5.91. The Kier molecular flexibility index (Phi) is 7.03. The molecule has 2 aromatic heterocycles. The van der Waals surface area contributed by atoms with E-state index in [2.05, 4.69) is 35.1 Å². The second-order valence-electron chi connectivity index (χ2n) is 7.15. The van der Waals surface area contributed by atoms with E-state index >= 15 is 0 Å². The zero-order valence-electron chi connectivity index (χ0n) is 17.1. The highest BCUT2D eigenvalue weighted by Gasteiger charge is 2.16. The summed E-state index contributed by atoms with van der Waals surface area (Å²) in [6.45, 7) is 6.11. The molecule has 6 heteroatoms. The minimum absolute atomic E-state index is 0.225. The summed E-state index contributed by atoms with van der Waals surface area (Å²) in [5.74, 6) is 1.70. The highest BCUT2D eigenvalue weighted by atomic mass is 16.5. The van der Waals surface area contributed by atoms with Crippen molar-refractivity contribution in [1.82, 2.24) is 15.2 Å². The fraction of sp³-hybridized carbons (Fsp3) is 0.304. The standard InChI is InChI=1S/C23H27N3O3/c1-17(2)26(15-19-5-4-6-20(13-19)28-3)16-21-7-8-22(29-21)23(27)25-14-18-9-11-24-12-10-18/h4-13,17H,14-16H2,1-3H3,(H,25,27). The topological polar surface area (TPSA) is 67.6 Å². The van der Waals surface area contributed by atoms with Crippen LogP contribution in [0.2, 0.25) is 0 Å². The number of hydrogen-bond acceptors (Lipinski definition) is 5. The number of furan rings is 1. The van der Waals surface area contributed by atoms with E-state index in [4.69, 9.17) is 9.15 Å². The number of methoxy groups -OCH3 is 1. The van der Waals surface area contributed by atoms with Crippen LogP contribution in [0, 0.1) is 0 Å². The van der Waals surface area contributed by atoms with Crippen LogP contribution in [0.15, 0.2) is 65.3 Å². The van der Waals surface area contributed by atoms with Crippen LogP contribution in [0.3, 0.4) is 0 Å². The Balaban J connectivity index is 1.61. The third kappa shape index (κ3) is 5.93. The normalized spacial score (nSPS) is 11.1. The number of rotatable bonds is 9. The van der Waals surface area contributed by atoms with E-state index in [0.717, 1.165) is 23.6 Å². The molecule has 6 nitrogen and oxygen atoms in total. The highest BCUT2D eigenvalue weighted by Crippen LogP contribution is 2.18. The maximum atomic E-state index is 12.4. The molecule has 29 heavy (non-hydrogen) atoms. The van der Waals surface area contributed by atoms with Crippen molar-refractivity contribution in [3.05, 3.63) is 83.6 Å². The summed E-state index contributed by atoms with van der Waals surface area (Å²) >= 11 is 0. The summed E-state index contributed by atoms with van der Waals surface area (Å²) in [4.78, 5) is 18.6. The molecule has 0 saturated heterocycles. The van der Waals surface area contributed by atoms with Gasteiger partial charge in [-0.05, 0) is 61.4 Å². The van der Waals surface area contributed by atoms with E-state index in [1.807, 2.05) is 36.4 Å². The molecule has 0 aliphatic heterocycles. The van der Waals surface area contributed by atoms with Gasteiger partial charge >= 0.3 is 0 Å². The Labute approximate surface area is 171 Å². The molecule has 0 spiro atoms. The van der Waals surface area contributed by atoms with Crippen LogP contribution in [0.4, 0.5) is 0 Å². The summed E-state index contributed by atoms with van der Waals surface area (Å²) in [7, 11) is 1.67. The lowest BCUT2D eigenvalue weighted by atomic mass is 10.1. The average molecular weight is 393 g/mol. The number of aromatic nitrogens is 1. The van der Waals surface area contributed by atoms with E-state index in [0.29, 0.717) is 24.9 Å². The van der Waals surface area contributed by atoms with Crippen LogP contribution < -0.4 is 10.1 Å². The Bertz CT molecular complexity index is 922. The fourth-order valence-electron chi connectivity index (χ4n) is 2.98. The number of carbonyl (C=O) groups is 1. The van der Waals surface area contributed by atoms with Crippen molar-refractivity contribution < 1.29 is 13.9 Å². The van der Waals surface area contributed by atoms with Crippen molar-refractivity contribution in [2.75, 3.05) is 7.11 Å². The second-order valence-corrected chi connectivity index (χ2v) is 7.15. The van der Waals surface area contributed by atoms with E-state index < -0.39 is 0 Å². The van der Waals surface area contributed by atoms with Gasteiger partial charge < -0.3 is 14.5 Å². The van der Waals surface area contributed by atoms with E-state index in [-0.39, 0.29) is 5.91 Å². The number of ether oxygens (including phenoxy) is 1. The minimum Gasteiger partial charge on any atom is -0.497 e. The van der Waals surface area contributed by atoms with Crippen molar-refractivity contribution in [3.63, 3.8) is 0 Å². The molecule has 3 aromatic rings. The predicted molar refractivity (Wildman–Crippen MR) is 111 cm³/mol. The Morgan fingerprint density at radius 2 is 1.90 bits per heavy atom. The van der Waals surface area contributed by atoms with Crippen LogP contribution >= 0.6 is 0 Å². The lowest BCUT2D eigenvalue weighted by molar-refractivity contribution is 0.0917. The van der Waals surface area contributed by atoms with Gasteiger partial charge in [-0.3, -0.25) is 14.7 Å². The summed E-state index contributed by atoms with van der Waals surface area (Å²) in [5.41, 5.74) is 2.16. The number of pyridine rings is 1. The summed E-state index contributed by atoms with van der Waals surface area (Å²) in [6, 6.07) is 15.7. The van der Waals surface area contributed by atoms with Crippen molar-refractivity contribution in [3.8, 4) is 5.75 Å². The molecular weight excluding hydrogens is 366 g/mol. The number of nitrogens with one attached hydrogen (secondary N) is 1. The first kappa shape index (κ1) is 20.6. The van der Waals surface area contributed by atoms with Gasteiger partial charge in [0.15, 0.2) is 5.76 Å². The van der Waals surface area contributed by atoms with Crippen molar-refractivity contribution in [2.45, 2.75) is 39.5 Å². The quantitative estimate of drug-likeness (QED) is 0.595. The molecule has 0 atom stereocenters. The maximum absolute atomic E-state index is 12.4. The first-order valence-corrected chi connectivity index (χ1v) is 9.68. The molecule has 152 valence electrons. The molecule has 0 aliphatic carbocycles. The number of amides is 1. The smallest absolute Gasteiger partial charge is 0.287 e. The van der Waals surface area contributed by atoms with Gasteiger partial charge in [0.05, 0.1) is 13.7 Å². The van der Waals surface area contributed by atoms with Crippen LogP contribution in [0.1, 0.15) is 41.3 Å². The van der Waals surface area contributed by atoms with Gasteiger partial charge in [-0.25, -0.2) is 0 Å². The number of carbonyl (C=O) groups excluding carboxylic acids is 1. The van der Waals surface area contributed by atoms with E-state index in [1.165, 1.54) is 5.56 Å². The van der Waals surface area contributed by atoms with Crippen LogP contribution in [0.5, 0.6) is 5.75 Å². The van der Waals surface area contributed by atoms with Gasteiger partial charge in [0.1, 0.15) is 11.5 Å². The summed E-state index contributed by atoms with van der Waals surface area (Å²) in [5, 5.41) is 2.87. The molecule has 1 N–H and O–H groups in total. The number of hydrogen-bond donors (Lipinski definition) is 1. The molecular formula is C23H27N3O3. The molecule has 0 radical (unpaired) electrons. The minimum atomic E-state index is -0.225. The monoisotopic (exact) mass is 393 g/mol. The lowest BCUT2D eigenvalue weighted by Crippen LogP contribution is -2.29. The SMILES string of the molecule is COc1cccc(CN(Cc2ccc(C(=O)NCc3ccncc3)o2)C(C)C)c1. The summed E-state index contributed by atoms with van der Waals surface area (Å²) in [6.07, 6.45) is 3.41. The average Bonchev–Trinajstić information content (AvgIpc) is 3.21. The third-order valence-electron chi connectivity index (χ3n) is 4.70. The van der Waals surface area contributed by atoms with Crippen molar-refractivity contribution in [2.24, 2.45) is 0 Å². The lowest BCUT2D eigenvalue weighted by Gasteiger charge is -2.25. The van der Waals surface area contributed by atoms with Crippen LogP contribution in [-0.4, -0.2) is 28.9 Å². The largest absolute Gasteiger partial charge is 0.497 e. The zero-order valence-corrected chi connectivity index (χ0v) is 17.1. The first-order valence-electron chi connectivity index (χ1n) is 9.68. The molecule has 0 fully saturated rings. The van der Waals surface area contributed by atoms with Gasteiger partial charge in [-0.15, -0.1) is 0 Å². The number of nitrogens with zero attached hydrogens (tertiary/aromatic N) is 2. The fourth-order valence-corrected chi connectivity index (χ4v) is 2.98. The number of benzene rings is 1. The van der Waals surface area contributed by atoms with Gasteiger partial charge in [-0.2, -0.15) is 0 Å². The van der Waals surface area contributed by atoms with Gasteiger partial charge in [0, 0.05) is 31.5 Å². The van der Waals surface area contributed by atoms with Gasteiger partial charge in [0.25, 0.3) is 5.91 Å². The second kappa shape index (κ2) is 9.89. The molecule has 0 aliphatic rings. The predicted octanol–water partition coefficient (Wildman–Crippen LogP) is 4.02. The van der Waals surface area contributed by atoms with Crippen LogP contribution in [-0.2, 0) is 19.6 Å². The molecule has 0 saturated carbocycles. The van der Waals surface area contributed by atoms with Crippen molar-refractivity contribution in [1.29, 1.82) is 0 Å². The van der Waals surface area contributed by atoms with E-state index in [9.17, 15) is 4.79 Å². The molecule has 0 unspecified atom stereocenters. The van der Waals surface area contributed by atoms with Gasteiger partial charge in [-0.1, -0.05) is 12.1 Å². The Morgan fingerprint density at radius 1 is 1.10 bits per heavy atom. The molecule has 1 amide bonds. The van der Waals surface area contributed by atoms with Crippen molar-refractivity contribution >= 4 is 5.91 Å². The molecule has 1 aromatic carbocycles.